The molecule has 1 heterocycles. The second kappa shape index (κ2) is 4.19. The molecule has 2 nitrogen and oxygen atoms in total. The molecular formula is C12H25NO. The summed E-state index contributed by atoms with van der Waals surface area (Å²) in [6.45, 7) is 14.2. The SMILES string of the molecule is CC1CN(CC(C)(C)C(C)O)CC1C. The molecule has 3 unspecified atom stereocenters. The summed E-state index contributed by atoms with van der Waals surface area (Å²) in [5, 5.41) is 9.65. The predicted octanol–water partition coefficient (Wildman–Crippen LogP) is 1.98. The van der Waals surface area contributed by atoms with Gasteiger partial charge in [0.05, 0.1) is 6.10 Å². The molecule has 1 rings (SSSR count). The van der Waals surface area contributed by atoms with E-state index >= 15 is 0 Å². The Morgan fingerprint density at radius 2 is 1.71 bits per heavy atom. The molecule has 14 heavy (non-hydrogen) atoms. The van der Waals surface area contributed by atoms with Crippen LogP contribution in [0.4, 0.5) is 0 Å². The lowest BCUT2D eigenvalue weighted by molar-refractivity contribution is 0.0392. The smallest absolute Gasteiger partial charge is 0.0575 e. The number of hydrogen-bond donors (Lipinski definition) is 1. The highest BCUT2D eigenvalue weighted by molar-refractivity contribution is 4.85. The van der Waals surface area contributed by atoms with Crippen molar-refractivity contribution in [2.45, 2.75) is 40.7 Å². The summed E-state index contributed by atoms with van der Waals surface area (Å²) in [5.41, 5.74) is 0.0176. The van der Waals surface area contributed by atoms with E-state index in [1.165, 1.54) is 13.1 Å². The van der Waals surface area contributed by atoms with Crippen LogP contribution in [-0.2, 0) is 0 Å². The third-order valence-electron chi connectivity index (χ3n) is 3.83. The maximum atomic E-state index is 9.65. The van der Waals surface area contributed by atoms with Crippen LogP contribution in [0.5, 0.6) is 0 Å². The predicted molar refractivity (Wildman–Crippen MR) is 60.2 cm³/mol. The minimum atomic E-state index is -0.228. The van der Waals surface area contributed by atoms with Crippen LogP contribution in [-0.4, -0.2) is 35.7 Å². The summed E-state index contributed by atoms with van der Waals surface area (Å²) < 4.78 is 0. The van der Waals surface area contributed by atoms with Gasteiger partial charge in [-0.3, -0.25) is 0 Å². The zero-order valence-corrected chi connectivity index (χ0v) is 10.2. The zero-order chi connectivity index (χ0) is 10.9. The number of likely N-dealkylation sites (tertiary alicyclic amines) is 1. The van der Waals surface area contributed by atoms with Gasteiger partial charge in [-0.05, 0) is 18.8 Å². The number of rotatable bonds is 3. The van der Waals surface area contributed by atoms with Crippen LogP contribution in [0.1, 0.15) is 34.6 Å². The number of nitrogens with zero attached hydrogens (tertiary/aromatic N) is 1. The van der Waals surface area contributed by atoms with Gasteiger partial charge in [0.25, 0.3) is 0 Å². The molecule has 2 heteroatoms. The fourth-order valence-corrected chi connectivity index (χ4v) is 2.09. The van der Waals surface area contributed by atoms with Crippen molar-refractivity contribution in [3.8, 4) is 0 Å². The molecule has 1 saturated heterocycles. The second-order valence-electron chi connectivity index (χ2n) is 5.81. The molecule has 1 aliphatic rings. The summed E-state index contributed by atoms with van der Waals surface area (Å²) in [6.07, 6.45) is -0.228. The van der Waals surface area contributed by atoms with E-state index in [2.05, 4.69) is 32.6 Å². The summed E-state index contributed by atoms with van der Waals surface area (Å²) in [6, 6.07) is 0. The maximum absolute atomic E-state index is 9.65. The molecule has 1 fully saturated rings. The first-order valence-electron chi connectivity index (χ1n) is 5.73. The normalized spacial score (nSPS) is 32.1. The Morgan fingerprint density at radius 3 is 2.07 bits per heavy atom. The molecule has 0 amide bonds. The summed E-state index contributed by atoms with van der Waals surface area (Å²) in [4.78, 5) is 2.49. The minimum absolute atomic E-state index is 0.0176. The first-order chi connectivity index (χ1) is 6.33. The van der Waals surface area contributed by atoms with Crippen molar-refractivity contribution in [1.29, 1.82) is 0 Å². The quantitative estimate of drug-likeness (QED) is 0.751. The Morgan fingerprint density at radius 1 is 1.29 bits per heavy atom. The van der Waals surface area contributed by atoms with E-state index in [1.54, 1.807) is 0 Å². The average molecular weight is 199 g/mol. The van der Waals surface area contributed by atoms with Crippen molar-refractivity contribution in [2.75, 3.05) is 19.6 Å². The topological polar surface area (TPSA) is 23.5 Å². The van der Waals surface area contributed by atoms with Crippen LogP contribution >= 0.6 is 0 Å². The third-order valence-corrected chi connectivity index (χ3v) is 3.83. The lowest BCUT2D eigenvalue weighted by Crippen LogP contribution is -2.39. The van der Waals surface area contributed by atoms with E-state index in [1.807, 2.05) is 6.92 Å². The van der Waals surface area contributed by atoms with Gasteiger partial charge < -0.3 is 10.0 Å². The van der Waals surface area contributed by atoms with Gasteiger partial charge in [-0.25, -0.2) is 0 Å². The molecule has 84 valence electrons. The van der Waals surface area contributed by atoms with Crippen molar-refractivity contribution in [2.24, 2.45) is 17.3 Å². The Labute approximate surface area is 88.3 Å². The molecule has 3 atom stereocenters. The Bertz CT molecular complexity index is 179. The average Bonchev–Trinajstić information content (AvgIpc) is 2.29. The molecule has 0 aromatic carbocycles. The Hall–Kier alpha value is -0.0800. The fourth-order valence-electron chi connectivity index (χ4n) is 2.09. The monoisotopic (exact) mass is 199 g/mol. The Balaban J connectivity index is 2.46. The van der Waals surface area contributed by atoms with Crippen LogP contribution < -0.4 is 0 Å². The van der Waals surface area contributed by atoms with Crippen molar-refractivity contribution in [1.82, 2.24) is 4.90 Å². The molecule has 1 N–H and O–H groups in total. The first-order valence-corrected chi connectivity index (χ1v) is 5.73. The van der Waals surface area contributed by atoms with Gasteiger partial charge in [-0.1, -0.05) is 27.7 Å². The molecule has 1 aliphatic heterocycles. The number of aliphatic hydroxyl groups excluding tert-OH is 1. The highest BCUT2D eigenvalue weighted by Crippen LogP contribution is 2.28. The fraction of sp³-hybridized carbons (Fsp3) is 1.00. The highest BCUT2D eigenvalue weighted by atomic mass is 16.3. The first kappa shape index (κ1) is 12.0. The van der Waals surface area contributed by atoms with Crippen molar-refractivity contribution in [3.05, 3.63) is 0 Å². The van der Waals surface area contributed by atoms with E-state index in [0.717, 1.165) is 18.4 Å². The summed E-state index contributed by atoms with van der Waals surface area (Å²) in [5.74, 6) is 1.61. The maximum Gasteiger partial charge on any atom is 0.0575 e. The molecule has 0 spiro atoms. The minimum Gasteiger partial charge on any atom is -0.393 e. The van der Waals surface area contributed by atoms with Crippen LogP contribution in [0.3, 0.4) is 0 Å². The lowest BCUT2D eigenvalue weighted by Gasteiger charge is -2.32. The molecule has 0 saturated carbocycles. The van der Waals surface area contributed by atoms with Gasteiger partial charge in [0.1, 0.15) is 0 Å². The van der Waals surface area contributed by atoms with Crippen LogP contribution in [0, 0.1) is 17.3 Å². The molecule has 0 radical (unpaired) electrons. The van der Waals surface area contributed by atoms with E-state index in [-0.39, 0.29) is 11.5 Å². The highest BCUT2D eigenvalue weighted by Gasteiger charge is 2.32. The summed E-state index contributed by atoms with van der Waals surface area (Å²) in [7, 11) is 0. The van der Waals surface area contributed by atoms with Gasteiger partial charge >= 0.3 is 0 Å². The van der Waals surface area contributed by atoms with E-state index in [4.69, 9.17) is 0 Å². The van der Waals surface area contributed by atoms with Crippen molar-refractivity contribution >= 4 is 0 Å². The second-order valence-corrected chi connectivity index (χ2v) is 5.81. The van der Waals surface area contributed by atoms with Gasteiger partial charge in [0.2, 0.25) is 0 Å². The van der Waals surface area contributed by atoms with Crippen LogP contribution in [0.15, 0.2) is 0 Å². The van der Waals surface area contributed by atoms with Crippen molar-refractivity contribution < 1.29 is 5.11 Å². The van der Waals surface area contributed by atoms with Gasteiger partial charge in [-0.2, -0.15) is 0 Å². The summed E-state index contributed by atoms with van der Waals surface area (Å²) >= 11 is 0. The lowest BCUT2D eigenvalue weighted by atomic mass is 9.87. The van der Waals surface area contributed by atoms with Gasteiger partial charge in [-0.15, -0.1) is 0 Å². The molecule has 0 bridgehead atoms. The molecule has 0 aromatic rings. The number of aliphatic hydroxyl groups is 1. The van der Waals surface area contributed by atoms with Gasteiger partial charge in [0.15, 0.2) is 0 Å². The molecule has 0 aliphatic carbocycles. The Kier molecular flexibility index (Phi) is 3.59. The standard InChI is InChI=1S/C12H25NO/c1-9-6-13(7-10(9)2)8-12(4,5)11(3)14/h9-11,14H,6-8H2,1-5H3. The van der Waals surface area contributed by atoms with Crippen LogP contribution in [0.25, 0.3) is 0 Å². The van der Waals surface area contributed by atoms with Crippen molar-refractivity contribution in [3.63, 3.8) is 0 Å². The van der Waals surface area contributed by atoms with E-state index < -0.39 is 0 Å². The largest absolute Gasteiger partial charge is 0.393 e. The van der Waals surface area contributed by atoms with E-state index in [9.17, 15) is 5.11 Å². The number of hydrogen-bond acceptors (Lipinski definition) is 2. The molecular weight excluding hydrogens is 174 g/mol. The van der Waals surface area contributed by atoms with E-state index in [0.29, 0.717) is 0 Å². The van der Waals surface area contributed by atoms with Gasteiger partial charge in [0, 0.05) is 25.0 Å². The van der Waals surface area contributed by atoms with Crippen LogP contribution in [0.2, 0.25) is 0 Å². The third kappa shape index (κ3) is 2.71. The zero-order valence-electron chi connectivity index (χ0n) is 10.2. The molecule has 0 aromatic heterocycles.